The molecule has 0 spiro atoms. The van der Waals surface area contributed by atoms with Gasteiger partial charge >= 0.3 is 6.03 Å². The van der Waals surface area contributed by atoms with Crippen LogP contribution in [0.2, 0.25) is 0 Å². The van der Waals surface area contributed by atoms with Crippen LogP contribution in [0.5, 0.6) is 11.5 Å². The summed E-state index contributed by atoms with van der Waals surface area (Å²) in [6.45, 7) is 0.719. The van der Waals surface area contributed by atoms with Gasteiger partial charge in [-0.2, -0.15) is 4.72 Å². The number of hydrogen-bond donors (Lipinski definition) is 3. The van der Waals surface area contributed by atoms with E-state index in [4.69, 9.17) is 9.47 Å². The molecule has 1 aliphatic heterocycles. The average Bonchev–Trinajstić information content (AvgIpc) is 3.65. The van der Waals surface area contributed by atoms with E-state index in [1.165, 1.54) is 12.0 Å². The Morgan fingerprint density at radius 1 is 1.06 bits per heavy atom. The van der Waals surface area contributed by atoms with Crippen molar-refractivity contribution >= 4 is 22.0 Å². The molecule has 0 radical (unpaired) electrons. The van der Waals surface area contributed by atoms with E-state index in [1.807, 2.05) is 24.3 Å². The first kappa shape index (κ1) is 25.8. The number of ether oxygens (including phenoxy) is 2. The van der Waals surface area contributed by atoms with Gasteiger partial charge in [-0.15, -0.1) is 0 Å². The van der Waals surface area contributed by atoms with Crippen LogP contribution < -0.4 is 24.8 Å². The highest BCUT2D eigenvalue weighted by Gasteiger charge is 2.49. The quantitative estimate of drug-likeness (QED) is 0.393. The van der Waals surface area contributed by atoms with Gasteiger partial charge in [0.2, 0.25) is 15.9 Å². The molecule has 10 nitrogen and oxygen atoms in total. The minimum atomic E-state index is -4.11. The van der Waals surface area contributed by atoms with Gasteiger partial charge in [-0.3, -0.25) is 9.69 Å². The van der Waals surface area contributed by atoms with Gasteiger partial charge in [0.15, 0.2) is 5.66 Å². The molecule has 2 aliphatic rings. The van der Waals surface area contributed by atoms with Gasteiger partial charge in [0.05, 0.1) is 20.8 Å². The summed E-state index contributed by atoms with van der Waals surface area (Å²) in [4.78, 5) is 26.8. The second kappa shape index (κ2) is 10.8. The molecule has 0 bridgehead atoms. The van der Waals surface area contributed by atoms with Crippen LogP contribution in [0.3, 0.4) is 0 Å². The maximum atomic E-state index is 13.2. The number of nitrogens with one attached hydrogen (secondary N) is 3. The molecule has 1 saturated heterocycles. The summed E-state index contributed by atoms with van der Waals surface area (Å²) in [5, 5.41) is 5.46. The number of methoxy groups -OCH3 is 2. The van der Waals surface area contributed by atoms with Crippen molar-refractivity contribution in [2.24, 2.45) is 5.92 Å². The summed E-state index contributed by atoms with van der Waals surface area (Å²) in [7, 11) is -0.980. The molecule has 3 amide bonds. The third kappa shape index (κ3) is 6.08. The number of carbonyl (C=O) groups is 2. The van der Waals surface area contributed by atoms with Gasteiger partial charge in [-0.05, 0) is 60.6 Å². The van der Waals surface area contributed by atoms with Gasteiger partial charge in [-0.1, -0.05) is 24.3 Å². The molecule has 1 saturated carbocycles. The van der Waals surface area contributed by atoms with E-state index < -0.39 is 33.4 Å². The minimum Gasteiger partial charge on any atom is -0.497 e. The molecule has 1 heterocycles. The van der Waals surface area contributed by atoms with Crippen molar-refractivity contribution in [1.29, 1.82) is 0 Å². The zero-order valence-corrected chi connectivity index (χ0v) is 21.3. The monoisotopic (exact) mass is 516 g/mol. The van der Waals surface area contributed by atoms with Gasteiger partial charge in [-0.25, -0.2) is 13.2 Å². The smallest absolute Gasteiger partial charge is 0.319 e. The lowest BCUT2D eigenvalue weighted by Gasteiger charge is -2.38. The van der Waals surface area contributed by atoms with Crippen LogP contribution in [-0.2, 0) is 26.9 Å². The van der Waals surface area contributed by atoms with E-state index >= 15 is 0 Å². The van der Waals surface area contributed by atoms with Gasteiger partial charge in [0.25, 0.3) is 0 Å². The first-order valence-corrected chi connectivity index (χ1v) is 13.5. The number of urea groups is 1. The molecule has 4 rings (SSSR count). The summed E-state index contributed by atoms with van der Waals surface area (Å²) in [6, 6.07) is 13.9. The summed E-state index contributed by atoms with van der Waals surface area (Å²) >= 11 is 0. The fraction of sp³-hybridized carbons (Fsp3) is 0.440. The Hall–Kier alpha value is -3.31. The molecule has 1 aliphatic carbocycles. The molecule has 11 heteroatoms. The highest BCUT2D eigenvalue weighted by atomic mass is 32.2. The third-order valence-corrected chi connectivity index (χ3v) is 7.77. The number of amides is 3. The molecule has 3 N–H and O–H groups in total. The van der Waals surface area contributed by atoms with Crippen LogP contribution in [0.25, 0.3) is 0 Å². The lowest BCUT2D eigenvalue weighted by Crippen LogP contribution is -2.58. The second-order valence-corrected chi connectivity index (χ2v) is 10.8. The zero-order chi connectivity index (χ0) is 25.8. The van der Waals surface area contributed by atoms with Crippen molar-refractivity contribution in [3.8, 4) is 11.5 Å². The highest BCUT2D eigenvalue weighted by molar-refractivity contribution is 7.90. The Bertz CT molecular complexity index is 1180. The van der Waals surface area contributed by atoms with Gasteiger partial charge < -0.3 is 20.1 Å². The average molecular weight is 517 g/mol. The fourth-order valence-corrected chi connectivity index (χ4v) is 5.60. The summed E-state index contributed by atoms with van der Waals surface area (Å²) < 4.78 is 39.5. The Morgan fingerprint density at radius 3 is 2.25 bits per heavy atom. The van der Waals surface area contributed by atoms with Crippen molar-refractivity contribution in [2.45, 2.75) is 24.9 Å². The molecule has 36 heavy (non-hydrogen) atoms. The van der Waals surface area contributed by atoms with E-state index in [1.54, 1.807) is 31.4 Å². The van der Waals surface area contributed by atoms with Crippen molar-refractivity contribution in [3.63, 3.8) is 0 Å². The molecule has 1 atom stereocenters. The zero-order valence-electron chi connectivity index (χ0n) is 20.5. The number of sulfonamides is 1. The molecule has 194 valence electrons. The van der Waals surface area contributed by atoms with Crippen LogP contribution >= 0.6 is 0 Å². The maximum absolute atomic E-state index is 13.2. The van der Waals surface area contributed by atoms with Crippen LogP contribution in [0, 0.1) is 5.92 Å². The molecule has 2 aromatic carbocycles. The molecule has 0 unspecified atom stereocenters. The SMILES string of the molecule is COc1ccc(CCN2C(=O)NC[C@]2(NS(=O)(=O)CC(=O)NCC2CC2)c2ccc(OC)cc2)cc1. The van der Waals surface area contributed by atoms with Crippen molar-refractivity contribution < 1.29 is 27.5 Å². The first-order valence-electron chi connectivity index (χ1n) is 11.9. The van der Waals surface area contributed by atoms with E-state index in [2.05, 4.69) is 15.4 Å². The van der Waals surface area contributed by atoms with Crippen LogP contribution in [0.1, 0.15) is 24.0 Å². The predicted octanol–water partition coefficient (Wildman–Crippen LogP) is 1.57. The van der Waals surface area contributed by atoms with Crippen molar-refractivity contribution in [2.75, 3.05) is 39.6 Å². The number of carbonyl (C=O) groups excluding carboxylic acids is 2. The van der Waals surface area contributed by atoms with E-state index in [0.29, 0.717) is 30.2 Å². The highest BCUT2D eigenvalue weighted by Crippen LogP contribution is 2.32. The van der Waals surface area contributed by atoms with Crippen LogP contribution in [-0.4, -0.2) is 64.9 Å². The van der Waals surface area contributed by atoms with Crippen LogP contribution in [0.4, 0.5) is 4.79 Å². The lowest BCUT2D eigenvalue weighted by atomic mass is 9.99. The Kier molecular flexibility index (Phi) is 7.70. The summed E-state index contributed by atoms with van der Waals surface area (Å²) in [5.41, 5.74) is 0.102. The number of benzene rings is 2. The van der Waals surface area contributed by atoms with Crippen LogP contribution in [0.15, 0.2) is 48.5 Å². The molecular formula is C25H32N4O6S. The fourth-order valence-electron chi connectivity index (χ4n) is 4.27. The molecule has 0 aromatic heterocycles. The first-order chi connectivity index (χ1) is 17.2. The summed E-state index contributed by atoms with van der Waals surface area (Å²) in [5.74, 6) is 0.455. The number of hydrogen-bond acceptors (Lipinski definition) is 6. The van der Waals surface area contributed by atoms with Crippen molar-refractivity contribution in [1.82, 2.24) is 20.3 Å². The van der Waals surface area contributed by atoms with Gasteiger partial charge in [0.1, 0.15) is 17.3 Å². The largest absolute Gasteiger partial charge is 0.497 e. The van der Waals surface area contributed by atoms with E-state index in [-0.39, 0.29) is 13.1 Å². The van der Waals surface area contributed by atoms with E-state index in [9.17, 15) is 18.0 Å². The van der Waals surface area contributed by atoms with E-state index in [0.717, 1.165) is 24.2 Å². The minimum absolute atomic E-state index is 0.00367. The number of nitrogens with zero attached hydrogens (tertiary/aromatic N) is 1. The molecular weight excluding hydrogens is 484 g/mol. The normalized spacial score (nSPS) is 19.6. The van der Waals surface area contributed by atoms with Gasteiger partial charge in [0, 0.05) is 13.1 Å². The Balaban J connectivity index is 1.59. The summed E-state index contributed by atoms with van der Waals surface area (Å²) in [6.07, 6.45) is 2.57. The Morgan fingerprint density at radius 2 is 1.67 bits per heavy atom. The standard InChI is InChI=1S/C25H32N4O6S/c1-34-21-9-5-18(6-10-21)13-14-29-24(31)27-17-25(29,20-7-11-22(35-2)12-8-20)28-36(32,33)16-23(30)26-15-19-3-4-19/h5-12,19,28H,3-4,13-17H2,1-2H3,(H,26,30)(H,27,31)/t25-/m1/s1. The predicted molar refractivity (Wildman–Crippen MR) is 134 cm³/mol. The topological polar surface area (TPSA) is 126 Å². The Labute approximate surface area is 211 Å². The third-order valence-electron chi connectivity index (χ3n) is 6.48. The lowest BCUT2D eigenvalue weighted by molar-refractivity contribution is -0.118. The molecule has 2 fully saturated rings. The number of rotatable bonds is 12. The maximum Gasteiger partial charge on any atom is 0.319 e. The van der Waals surface area contributed by atoms with Crippen molar-refractivity contribution in [3.05, 3.63) is 59.7 Å². The second-order valence-electron chi connectivity index (χ2n) is 9.11. The molecule has 2 aromatic rings.